The molecule has 1 aromatic rings. The lowest BCUT2D eigenvalue weighted by molar-refractivity contribution is -0.136. The number of amides is 1. The molecule has 3 aliphatic rings. The number of carbonyl (C=O) groups is 2. The molecule has 1 fully saturated rings. The number of aryl methyl sites for hydroxylation is 1. The van der Waals surface area contributed by atoms with E-state index in [2.05, 4.69) is 11.9 Å². The highest BCUT2D eigenvalue weighted by molar-refractivity contribution is 6.08. The number of ketones is 1. The fourth-order valence-corrected chi connectivity index (χ4v) is 6.26. The first-order chi connectivity index (χ1) is 16.0. The summed E-state index contributed by atoms with van der Waals surface area (Å²) in [5.41, 5.74) is 5.90. The van der Waals surface area contributed by atoms with Crippen molar-refractivity contribution >= 4 is 17.4 Å². The number of carbonyl (C=O) groups excluding carboxylic acids is 2. The van der Waals surface area contributed by atoms with Gasteiger partial charge in [0.1, 0.15) is 22.9 Å². The molecule has 3 aliphatic carbocycles. The van der Waals surface area contributed by atoms with E-state index in [0.29, 0.717) is 37.9 Å². The zero-order valence-electron chi connectivity index (χ0n) is 19.5. The quantitative estimate of drug-likeness (QED) is 0.277. The number of phenols is 1. The molecule has 0 saturated heterocycles. The first-order valence-electron chi connectivity index (χ1n) is 11.6. The Hall–Kier alpha value is -3.10. The van der Waals surface area contributed by atoms with Crippen LogP contribution in [-0.2, 0) is 29.0 Å². The lowest BCUT2D eigenvalue weighted by Gasteiger charge is -2.48. The number of hydrogen-bond donors (Lipinski definition) is 6. The second kappa shape index (κ2) is 8.60. The number of nitrogens with one attached hydrogen (secondary N) is 1. The molecular weight excluding hydrogens is 436 g/mol. The number of aromatic hydroxyl groups is 1. The van der Waals surface area contributed by atoms with Gasteiger partial charge in [-0.15, -0.1) is 6.58 Å². The maximum atomic E-state index is 13.7. The number of hydrogen-bond acceptors (Lipinski definition) is 7. The Kier molecular flexibility index (Phi) is 6.08. The number of benzene rings is 1. The highest BCUT2D eigenvalue weighted by atomic mass is 16.3. The van der Waals surface area contributed by atoms with Crippen LogP contribution in [0.15, 0.2) is 35.6 Å². The number of Topliss-reactive ketones (excluding diaryl/α,β-unsaturated/α-hetero) is 1. The van der Waals surface area contributed by atoms with Crippen LogP contribution >= 0.6 is 0 Å². The van der Waals surface area contributed by atoms with Crippen LogP contribution in [-0.4, -0.2) is 44.3 Å². The van der Waals surface area contributed by atoms with Gasteiger partial charge in [0.15, 0.2) is 5.78 Å². The second-order valence-electron chi connectivity index (χ2n) is 9.71. The van der Waals surface area contributed by atoms with Gasteiger partial charge >= 0.3 is 0 Å². The molecule has 4 unspecified atom stereocenters. The molecule has 0 spiro atoms. The van der Waals surface area contributed by atoms with E-state index in [1.54, 1.807) is 6.08 Å². The Morgan fingerprint density at radius 1 is 1.29 bits per heavy atom. The Bertz CT molecular complexity index is 1150. The lowest BCUT2D eigenvalue weighted by atomic mass is 9.57. The fraction of sp³-hybridized carbons (Fsp3) is 0.462. The summed E-state index contributed by atoms with van der Waals surface area (Å²) in [4.78, 5) is 25.7. The SMILES string of the molecule is C=CCNCc1cc(CC)c2c(c1O)C(O)=C1C(=O)C3C(CC(O)=C(C(N)=O)C3(C)O)CC1C2. The summed E-state index contributed by atoms with van der Waals surface area (Å²) in [6.07, 6.45) is 3.35. The average molecular weight is 469 g/mol. The van der Waals surface area contributed by atoms with E-state index in [-0.39, 0.29) is 46.3 Å². The first-order valence-corrected chi connectivity index (χ1v) is 11.6. The number of aliphatic hydroxyl groups excluding tert-OH is 2. The molecule has 0 radical (unpaired) electrons. The monoisotopic (exact) mass is 468 g/mol. The van der Waals surface area contributed by atoms with Crippen molar-refractivity contribution < 1.29 is 30.0 Å². The highest BCUT2D eigenvalue weighted by Crippen LogP contribution is 2.53. The third-order valence-electron chi connectivity index (χ3n) is 7.62. The zero-order valence-corrected chi connectivity index (χ0v) is 19.5. The third kappa shape index (κ3) is 3.52. The number of aliphatic hydroxyl groups is 3. The summed E-state index contributed by atoms with van der Waals surface area (Å²) in [7, 11) is 0. The van der Waals surface area contributed by atoms with Gasteiger partial charge in [-0.3, -0.25) is 9.59 Å². The number of rotatable bonds is 6. The van der Waals surface area contributed by atoms with Gasteiger partial charge < -0.3 is 31.5 Å². The van der Waals surface area contributed by atoms with Crippen LogP contribution in [0.2, 0.25) is 0 Å². The molecule has 8 nitrogen and oxygen atoms in total. The molecule has 0 heterocycles. The molecule has 4 atom stereocenters. The van der Waals surface area contributed by atoms with Crippen LogP contribution in [0.5, 0.6) is 5.75 Å². The van der Waals surface area contributed by atoms with Crippen molar-refractivity contribution in [3.8, 4) is 5.75 Å². The zero-order chi connectivity index (χ0) is 24.9. The van der Waals surface area contributed by atoms with Gasteiger partial charge in [-0.05, 0) is 49.1 Å². The highest BCUT2D eigenvalue weighted by Gasteiger charge is 2.56. The summed E-state index contributed by atoms with van der Waals surface area (Å²) in [6, 6.07) is 1.93. The first kappa shape index (κ1) is 24.0. The van der Waals surface area contributed by atoms with Crippen LogP contribution in [0.1, 0.15) is 48.9 Å². The molecule has 0 bridgehead atoms. The van der Waals surface area contributed by atoms with Crippen molar-refractivity contribution in [1.29, 1.82) is 0 Å². The van der Waals surface area contributed by atoms with Gasteiger partial charge in [0.25, 0.3) is 5.91 Å². The van der Waals surface area contributed by atoms with Crippen molar-refractivity contribution in [2.45, 2.75) is 51.7 Å². The number of phenolic OH excluding ortho intramolecular Hbond substituents is 1. The van der Waals surface area contributed by atoms with Gasteiger partial charge in [0.2, 0.25) is 0 Å². The summed E-state index contributed by atoms with van der Waals surface area (Å²) >= 11 is 0. The van der Waals surface area contributed by atoms with Crippen molar-refractivity contribution in [2.24, 2.45) is 23.5 Å². The summed E-state index contributed by atoms with van der Waals surface area (Å²) in [6.45, 7) is 7.89. The van der Waals surface area contributed by atoms with E-state index >= 15 is 0 Å². The van der Waals surface area contributed by atoms with Crippen LogP contribution < -0.4 is 11.1 Å². The molecule has 4 rings (SSSR count). The van der Waals surface area contributed by atoms with Gasteiger partial charge in [0.05, 0.1) is 17.1 Å². The van der Waals surface area contributed by atoms with Crippen LogP contribution in [0.25, 0.3) is 5.76 Å². The number of primary amides is 1. The molecule has 182 valence electrons. The van der Waals surface area contributed by atoms with E-state index in [0.717, 1.165) is 11.1 Å². The van der Waals surface area contributed by atoms with E-state index < -0.39 is 29.1 Å². The predicted octanol–water partition coefficient (Wildman–Crippen LogP) is 2.33. The number of fused-ring (bicyclic) bond motifs is 3. The van der Waals surface area contributed by atoms with Crippen molar-refractivity contribution in [3.63, 3.8) is 0 Å². The molecular formula is C26H32N2O6. The van der Waals surface area contributed by atoms with E-state index in [4.69, 9.17) is 5.73 Å². The third-order valence-corrected chi connectivity index (χ3v) is 7.62. The summed E-state index contributed by atoms with van der Waals surface area (Å²) < 4.78 is 0. The second-order valence-corrected chi connectivity index (χ2v) is 9.71. The Morgan fingerprint density at radius 3 is 2.62 bits per heavy atom. The molecule has 8 heteroatoms. The minimum atomic E-state index is -1.97. The van der Waals surface area contributed by atoms with E-state index in [1.807, 2.05) is 13.0 Å². The van der Waals surface area contributed by atoms with Crippen molar-refractivity contribution in [1.82, 2.24) is 5.32 Å². The predicted molar refractivity (Wildman–Crippen MR) is 127 cm³/mol. The van der Waals surface area contributed by atoms with Gasteiger partial charge in [-0.1, -0.05) is 19.1 Å². The number of nitrogens with two attached hydrogens (primary N) is 1. The summed E-state index contributed by atoms with van der Waals surface area (Å²) in [5.74, 6) is -3.87. The van der Waals surface area contributed by atoms with Crippen molar-refractivity contribution in [2.75, 3.05) is 6.54 Å². The number of allylic oxidation sites excluding steroid dienone is 2. The summed E-state index contributed by atoms with van der Waals surface area (Å²) in [5, 5.41) is 47.2. The topological polar surface area (TPSA) is 153 Å². The average Bonchev–Trinajstić information content (AvgIpc) is 2.73. The molecule has 1 saturated carbocycles. The standard InChI is InChI=1S/C26H32N2O6/c1-4-6-28-11-15-7-12(5-2)16-9-13-8-14-10-17(29)21(25(27)33)26(3,34)20(14)24(32)18(13)23(31)19(16)22(15)30/h4,7,13-14,20,28-31,34H,1,5-6,8-11H2,2-3H3,(H2,27,33). The maximum Gasteiger partial charge on any atom is 0.250 e. The largest absolute Gasteiger partial charge is 0.512 e. The molecule has 1 amide bonds. The van der Waals surface area contributed by atoms with E-state index in [1.165, 1.54) is 6.92 Å². The fourth-order valence-electron chi connectivity index (χ4n) is 6.26. The van der Waals surface area contributed by atoms with E-state index in [9.17, 15) is 30.0 Å². The minimum absolute atomic E-state index is 0.0576. The maximum absolute atomic E-state index is 13.7. The van der Waals surface area contributed by atoms with Crippen LogP contribution in [0.3, 0.4) is 0 Å². The Balaban J connectivity index is 1.84. The molecule has 1 aromatic carbocycles. The van der Waals surface area contributed by atoms with Gasteiger partial charge in [-0.2, -0.15) is 0 Å². The molecule has 0 aliphatic heterocycles. The lowest BCUT2D eigenvalue weighted by Crippen LogP contribution is -2.55. The van der Waals surface area contributed by atoms with Gasteiger partial charge in [-0.25, -0.2) is 0 Å². The minimum Gasteiger partial charge on any atom is -0.512 e. The molecule has 0 aromatic heterocycles. The van der Waals surface area contributed by atoms with Crippen LogP contribution in [0.4, 0.5) is 0 Å². The Morgan fingerprint density at radius 2 is 2.00 bits per heavy atom. The molecule has 7 N–H and O–H groups in total. The van der Waals surface area contributed by atoms with Crippen molar-refractivity contribution in [3.05, 3.63) is 57.9 Å². The molecule has 34 heavy (non-hydrogen) atoms. The normalized spacial score (nSPS) is 28.3. The Labute approximate surface area is 198 Å². The van der Waals surface area contributed by atoms with Gasteiger partial charge in [0, 0.05) is 30.6 Å². The van der Waals surface area contributed by atoms with Crippen LogP contribution in [0, 0.1) is 17.8 Å². The smallest absolute Gasteiger partial charge is 0.250 e.